The molecule has 1 aromatic heterocycles. The number of halogens is 1. The average Bonchev–Trinajstić information content (AvgIpc) is 2.26. The lowest BCUT2D eigenvalue weighted by Crippen LogP contribution is -2.31. The molecule has 0 aromatic carbocycles. The number of carbonyl (C=O) groups is 1. The lowest BCUT2D eigenvalue weighted by molar-refractivity contribution is 0.0764. The van der Waals surface area contributed by atoms with E-state index in [0.29, 0.717) is 10.7 Å². The Labute approximate surface area is 95.1 Å². The van der Waals surface area contributed by atoms with Crippen molar-refractivity contribution in [2.24, 2.45) is 0 Å². The molecule has 0 unspecified atom stereocenters. The molecular formula is C11H15ClN2O. The molecule has 0 saturated heterocycles. The molecule has 1 aromatic rings. The molecule has 15 heavy (non-hydrogen) atoms. The molecule has 3 nitrogen and oxygen atoms in total. The Morgan fingerprint density at radius 3 is 2.67 bits per heavy atom. The maximum atomic E-state index is 11.9. The van der Waals surface area contributed by atoms with E-state index in [1.165, 1.54) is 6.20 Å². The predicted molar refractivity (Wildman–Crippen MR) is 61.1 cm³/mol. The van der Waals surface area contributed by atoms with Crippen molar-refractivity contribution in [1.82, 2.24) is 9.88 Å². The minimum atomic E-state index is 0.0171. The Bertz CT molecular complexity index is 324. The minimum absolute atomic E-state index is 0.0171. The molecule has 0 saturated carbocycles. The first kappa shape index (κ1) is 12.0. The first-order chi connectivity index (χ1) is 7.19. The maximum absolute atomic E-state index is 11.9. The van der Waals surface area contributed by atoms with Gasteiger partial charge in [0.2, 0.25) is 0 Å². The number of pyridine rings is 1. The van der Waals surface area contributed by atoms with E-state index in [0.717, 1.165) is 19.5 Å². The van der Waals surface area contributed by atoms with Crippen molar-refractivity contribution in [2.45, 2.75) is 20.3 Å². The zero-order valence-corrected chi connectivity index (χ0v) is 9.79. The van der Waals surface area contributed by atoms with Gasteiger partial charge in [0.1, 0.15) is 5.15 Å². The van der Waals surface area contributed by atoms with E-state index >= 15 is 0 Å². The van der Waals surface area contributed by atoms with Crippen molar-refractivity contribution >= 4 is 17.5 Å². The van der Waals surface area contributed by atoms with Crippen LogP contribution in [0.1, 0.15) is 30.6 Å². The molecule has 82 valence electrons. The third-order valence-corrected chi connectivity index (χ3v) is 2.36. The van der Waals surface area contributed by atoms with Crippen LogP contribution in [0.5, 0.6) is 0 Å². The fourth-order valence-electron chi connectivity index (χ4n) is 1.36. The van der Waals surface area contributed by atoms with Crippen LogP contribution in [0, 0.1) is 0 Å². The normalized spacial score (nSPS) is 10.1. The maximum Gasteiger partial charge on any atom is 0.255 e. The van der Waals surface area contributed by atoms with Gasteiger partial charge in [-0.15, -0.1) is 0 Å². The molecule has 4 heteroatoms. The summed E-state index contributed by atoms with van der Waals surface area (Å²) in [5.74, 6) is 0.0171. The van der Waals surface area contributed by atoms with Crippen LogP contribution in [0.2, 0.25) is 5.15 Å². The summed E-state index contributed by atoms with van der Waals surface area (Å²) in [4.78, 5) is 17.6. The van der Waals surface area contributed by atoms with Gasteiger partial charge in [0.15, 0.2) is 0 Å². The first-order valence-corrected chi connectivity index (χ1v) is 5.47. The molecule has 0 aliphatic rings. The monoisotopic (exact) mass is 226 g/mol. The second-order valence-corrected chi connectivity index (χ2v) is 3.64. The van der Waals surface area contributed by atoms with E-state index in [1.54, 1.807) is 17.0 Å². The van der Waals surface area contributed by atoms with Crippen LogP contribution in [-0.4, -0.2) is 28.9 Å². The molecule has 0 fully saturated rings. The second kappa shape index (κ2) is 5.71. The van der Waals surface area contributed by atoms with Gasteiger partial charge in [-0.25, -0.2) is 4.98 Å². The summed E-state index contributed by atoms with van der Waals surface area (Å²) >= 11 is 5.65. The van der Waals surface area contributed by atoms with E-state index in [-0.39, 0.29) is 5.91 Å². The molecule has 0 atom stereocenters. The predicted octanol–water partition coefficient (Wildman–Crippen LogP) is 2.61. The number of hydrogen-bond donors (Lipinski definition) is 0. The van der Waals surface area contributed by atoms with E-state index < -0.39 is 0 Å². The Balaban J connectivity index is 2.78. The van der Waals surface area contributed by atoms with Crippen LogP contribution in [0.15, 0.2) is 18.3 Å². The van der Waals surface area contributed by atoms with E-state index in [4.69, 9.17) is 11.6 Å². The Morgan fingerprint density at radius 2 is 2.20 bits per heavy atom. The van der Waals surface area contributed by atoms with Crippen LogP contribution < -0.4 is 0 Å². The summed E-state index contributed by atoms with van der Waals surface area (Å²) in [6.45, 7) is 5.51. The lowest BCUT2D eigenvalue weighted by Gasteiger charge is -2.19. The summed E-state index contributed by atoms with van der Waals surface area (Å²) in [5, 5.41) is 0.407. The van der Waals surface area contributed by atoms with Crippen molar-refractivity contribution in [2.75, 3.05) is 13.1 Å². The zero-order chi connectivity index (χ0) is 11.3. The first-order valence-electron chi connectivity index (χ1n) is 5.09. The summed E-state index contributed by atoms with van der Waals surface area (Å²) < 4.78 is 0. The highest BCUT2D eigenvalue weighted by atomic mass is 35.5. The highest BCUT2D eigenvalue weighted by Gasteiger charge is 2.12. The summed E-state index contributed by atoms with van der Waals surface area (Å²) in [6, 6.07) is 3.34. The summed E-state index contributed by atoms with van der Waals surface area (Å²) in [6.07, 6.45) is 2.48. The topological polar surface area (TPSA) is 33.2 Å². The third-order valence-electron chi connectivity index (χ3n) is 2.14. The van der Waals surface area contributed by atoms with Crippen LogP contribution in [-0.2, 0) is 0 Å². The van der Waals surface area contributed by atoms with E-state index in [9.17, 15) is 4.79 Å². The summed E-state index contributed by atoms with van der Waals surface area (Å²) in [5.41, 5.74) is 0.592. The van der Waals surface area contributed by atoms with Gasteiger partial charge in [-0.05, 0) is 25.5 Å². The minimum Gasteiger partial charge on any atom is -0.339 e. The molecule has 1 amide bonds. The lowest BCUT2D eigenvalue weighted by atomic mass is 10.2. The molecule has 0 aliphatic carbocycles. The van der Waals surface area contributed by atoms with E-state index in [2.05, 4.69) is 11.9 Å². The molecule has 1 heterocycles. The van der Waals surface area contributed by atoms with Gasteiger partial charge in [-0.2, -0.15) is 0 Å². The van der Waals surface area contributed by atoms with Crippen molar-refractivity contribution < 1.29 is 4.79 Å². The van der Waals surface area contributed by atoms with Crippen molar-refractivity contribution in [1.29, 1.82) is 0 Å². The van der Waals surface area contributed by atoms with Gasteiger partial charge in [0.25, 0.3) is 5.91 Å². The highest BCUT2D eigenvalue weighted by molar-refractivity contribution is 6.29. The van der Waals surface area contributed by atoms with Gasteiger partial charge in [0, 0.05) is 19.3 Å². The van der Waals surface area contributed by atoms with Gasteiger partial charge in [-0.1, -0.05) is 18.5 Å². The fraction of sp³-hybridized carbons (Fsp3) is 0.455. The van der Waals surface area contributed by atoms with Crippen molar-refractivity contribution in [3.8, 4) is 0 Å². The number of amides is 1. The van der Waals surface area contributed by atoms with Gasteiger partial charge in [0.05, 0.1) is 5.56 Å². The molecule has 0 bridgehead atoms. The molecule has 0 spiro atoms. The Kier molecular flexibility index (Phi) is 4.56. The smallest absolute Gasteiger partial charge is 0.255 e. The van der Waals surface area contributed by atoms with E-state index in [1.807, 2.05) is 6.92 Å². The van der Waals surface area contributed by atoms with Crippen LogP contribution in [0.3, 0.4) is 0 Å². The average molecular weight is 227 g/mol. The van der Waals surface area contributed by atoms with Crippen LogP contribution >= 0.6 is 11.6 Å². The number of carbonyl (C=O) groups excluding carboxylic acids is 1. The number of nitrogens with zero attached hydrogens (tertiary/aromatic N) is 2. The van der Waals surface area contributed by atoms with Gasteiger partial charge in [-0.3, -0.25) is 4.79 Å². The largest absolute Gasteiger partial charge is 0.339 e. The third kappa shape index (κ3) is 3.20. The molecule has 1 rings (SSSR count). The van der Waals surface area contributed by atoms with Gasteiger partial charge >= 0.3 is 0 Å². The number of hydrogen-bond acceptors (Lipinski definition) is 2. The standard InChI is InChI=1S/C11H15ClN2O/c1-3-7-14(4-2)11(15)9-5-6-10(12)13-8-9/h5-6,8H,3-4,7H2,1-2H3. The number of rotatable bonds is 4. The molecular weight excluding hydrogens is 212 g/mol. The highest BCUT2D eigenvalue weighted by Crippen LogP contribution is 2.08. The zero-order valence-electron chi connectivity index (χ0n) is 9.03. The quantitative estimate of drug-likeness (QED) is 0.740. The fourth-order valence-corrected chi connectivity index (χ4v) is 1.47. The van der Waals surface area contributed by atoms with Crippen LogP contribution in [0.25, 0.3) is 0 Å². The van der Waals surface area contributed by atoms with Gasteiger partial charge < -0.3 is 4.90 Å². The molecule has 0 aliphatic heterocycles. The Hall–Kier alpha value is -1.09. The second-order valence-electron chi connectivity index (χ2n) is 3.25. The van der Waals surface area contributed by atoms with Crippen LogP contribution in [0.4, 0.5) is 0 Å². The van der Waals surface area contributed by atoms with Crippen molar-refractivity contribution in [3.05, 3.63) is 29.0 Å². The number of aromatic nitrogens is 1. The Morgan fingerprint density at radius 1 is 1.47 bits per heavy atom. The SMILES string of the molecule is CCCN(CC)C(=O)c1ccc(Cl)nc1. The molecule has 0 radical (unpaired) electrons. The summed E-state index contributed by atoms with van der Waals surface area (Å²) in [7, 11) is 0. The molecule has 0 N–H and O–H groups in total. The van der Waals surface area contributed by atoms with Crippen molar-refractivity contribution in [3.63, 3.8) is 0 Å².